The molecule has 0 amide bonds. The van der Waals surface area contributed by atoms with Crippen molar-refractivity contribution in [3.63, 3.8) is 0 Å². The van der Waals surface area contributed by atoms with E-state index in [9.17, 15) is 14.4 Å². The zero-order valence-corrected chi connectivity index (χ0v) is 53.8. The SMILES string of the molecule is CC/C=C\C/C=C\C/C=C\C/C=C\CCCCCCC(=O)OCC(COC(=O)CCCCCCCCCC/C=C\C/C=C\C/C=C\CCCCCCC)OC(=O)CCCCCCCCCCCCCCCCCCCCCCCCC. The molecule has 0 aliphatic carbocycles. The second-order valence-corrected chi connectivity index (χ2v) is 23.4. The van der Waals surface area contributed by atoms with E-state index >= 15 is 0 Å². The average molecular weight is 1130 g/mol. The van der Waals surface area contributed by atoms with Gasteiger partial charge in [-0.05, 0) is 96.3 Å². The fourth-order valence-corrected chi connectivity index (χ4v) is 10.2. The number of carbonyl (C=O) groups excluding carboxylic acids is 3. The molecule has 0 saturated heterocycles. The molecule has 0 saturated carbocycles. The van der Waals surface area contributed by atoms with E-state index in [4.69, 9.17) is 14.2 Å². The number of hydrogen-bond donors (Lipinski definition) is 0. The molecule has 1 unspecified atom stereocenters. The lowest BCUT2D eigenvalue weighted by molar-refractivity contribution is -0.167. The quantitative estimate of drug-likeness (QED) is 0.0261. The Balaban J connectivity index is 4.37. The Morgan fingerprint density at radius 3 is 0.753 bits per heavy atom. The molecule has 0 aromatic heterocycles. The Bertz CT molecular complexity index is 1530. The fraction of sp³-hybridized carbons (Fsp3) is 0.773. The first kappa shape index (κ1) is 77.6. The molecule has 0 N–H and O–H groups in total. The lowest BCUT2D eigenvalue weighted by Crippen LogP contribution is -2.30. The van der Waals surface area contributed by atoms with Crippen LogP contribution >= 0.6 is 0 Å². The van der Waals surface area contributed by atoms with E-state index in [-0.39, 0.29) is 31.1 Å². The highest BCUT2D eigenvalue weighted by atomic mass is 16.6. The van der Waals surface area contributed by atoms with Crippen LogP contribution in [-0.2, 0) is 28.6 Å². The predicted octanol–water partition coefficient (Wildman–Crippen LogP) is 24.2. The standard InChI is InChI=1S/C75H132O6/c1-4-7-10-13-16-19-22-25-28-31-33-35-37-39-41-44-47-50-53-56-59-62-65-68-74(77)80-71-72(70-79-73(76)67-64-61-58-55-52-49-46-43-30-27-24-21-18-15-12-9-6-3)81-75(78)69-66-63-60-57-54-51-48-45-42-40-38-36-34-32-29-26-23-20-17-14-11-8-5-2/h9,12,18,21-22,25,27,30-31,33,37,39,46,49,72H,4-8,10-11,13-17,19-20,23-24,26,28-29,32,34-36,38,40-45,47-48,50-71H2,1-3H3/b12-9-,21-18-,25-22-,30-27-,33-31-,39-37-,49-46-. The van der Waals surface area contributed by atoms with Crippen LogP contribution in [0.4, 0.5) is 0 Å². The first-order valence-corrected chi connectivity index (χ1v) is 35.1. The number of esters is 3. The molecule has 0 aliphatic rings. The van der Waals surface area contributed by atoms with Gasteiger partial charge in [0.05, 0.1) is 0 Å². The Hall–Kier alpha value is -3.41. The van der Waals surface area contributed by atoms with Crippen molar-refractivity contribution in [2.24, 2.45) is 0 Å². The molecule has 81 heavy (non-hydrogen) atoms. The van der Waals surface area contributed by atoms with Gasteiger partial charge in [-0.3, -0.25) is 14.4 Å². The number of unbranched alkanes of at least 4 members (excludes halogenated alkanes) is 39. The van der Waals surface area contributed by atoms with Crippen molar-refractivity contribution >= 4 is 17.9 Å². The normalized spacial score (nSPS) is 12.6. The van der Waals surface area contributed by atoms with E-state index in [1.165, 1.54) is 199 Å². The largest absolute Gasteiger partial charge is 0.462 e. The molecule has 0 fully saturated rings. The predicted molar refractivity (Wildman–Crippen MR) is 353 cm³/mol. The van der Waals surface area contributed by atoms with Gasteiger partial charge in [-0.2, -0.15) is 0 Å². The summed E-state index contributed by atoms with van der Waals surface area (Å²) in [5, 5.41) is 0. The molecular weight excluding hydrogens is 997 g/mol. The number of hydrogen-bond acceptors (Lipinski definition) is 6. The smallest absolute Gasteiger partial charge is 0.306 e. The molecule has 1 atom stereocenters. The van der Waals surface area contributed by atoms with E-state index in [1.54, 1.807) is 0 Å². The maximum Gasteiger partial charge on any atom is 0.306 e. The molecule has 0 bridgehead atoms. The van der Waals surface area contributed by atoms with Crippen molar-refractivity contribution in [1.29, 1.82) is 0 Å². The zero-order valence-electron chi connectivity index (χ0n) is 53.8. The minimum Gasteiger partial charge on any atom is -0.462 e. The van der Waals surface area contributed by atoms with Gasteiger partial charge in [0.25, 0.3) is 0 Å². The van der Waals surface area contributed by atoms with E-state index in [2.05, 4.69) is 106 Å². The molecular formula is C75H132O6. The number of allylic oxidation sites excluding steroid dienone is 14. The molecule has 6 nitrogen and oxygen atoms in total. The van der Waals surface area contributed by atoms with E-state index < -0.39 is 6.10 Å². The second kappa shape index (κ2) is 69.1. The lowest BCUT2D eigenvalue weighted by Gasteiger charge is -2.18. The Labute approximate surface area is 503 Å². The molecule has 468 valence electrons. The van der Waals surface area contributed by atoms with Crippen molar-refractivity contribution in [1.82, 2.24) is 0 Å². The van der Waals surface area contributed by atoms with Gasteiger partial charge in [0.2, 0.25) is 0 Å². The summed E-state index contributed by atoms with van der Waals surface area (Å²) in [5.74, 6) is -0.897. The van der Waals surface area contributed by atoms with Gasteiger partial charge in [0, 0.05) is 19.3 Å². The van der Waals surface area contributed by atoms with Crippen molar-refractivity contribution in [2.75, 3.05) is 13.2 Å². The summed E-state index contributed by atoms with van der Waals surface area (Å²) in [4.78, 5) is 38.5. The maximum atomic E-state index is 13.0. The second-order valence-electron chi connectivity index (χ2n) is 23.4. The Morgan fingerprint density at radius 1 is 0.259 bits per heavy atom. The van der Waals surface area contributed by atoms with Crippen molar-refractivity contribution in [3.05, 3.63) is 85.1 Å². The third-order valence-electron chi connectivity index (χ3n) is 15.4. The Kier molecular flexibility index (Phi) is 66.2. The molecule has 0 aromatic rings. The number of carbonyl (C=O) groups is 3. The summed E-state index contributed by atoms with van der Waals surface area (Å²) in [6.45, 7) is 6.54. The van der Waals surface area contributed by atoms with Gasteiger partial charge in [-0.25, -0.2) is 0 Å². The minimum absolute atomic E-state index is 0.0859. The van der Waals surface area contributed by atoms with Crippen molar-refractivity contribution < 1.29 is 28.6 Å². The van der Waals surface area contributed by atoms with Crippen LogP contribution in [0.25, 0.3) is 0 Å². The summed E-state index contributed by atoms with van der Waals surface area (Å²) in [6.07, 6.45) is 91.7. The summed E-state index contributed by atoms with van der Waals surface area (Å²) in [6, 6.07) is 0. The highest BCUT2D eigenvalue weighted by molar-refractivity contribution is 5.71. The van der Waals surface area contributed by atoms with Crippen LogP contribution in [0.3, 0.4) is 0 Å². The van der Waals surface area contributed by atoms with Crippen LogP contribution in [-0.4, -0.2) is 37.2 Å². The third-order valence-corrected chi connectivity index (χ3v) is 15.4. The highest BCUT2D eigenvalue weighted by Crippen LogP contribution is 2.18. The zero-order chi connectivity index (χ0) is 58.5. The molecule has 6 heteroatoms. The highest BCUT2D eigenvalue weighted by Gasteiger charge is 2.19. The number of ether oxygens (including phenoxy) is 3. The van der Waals surface area contributed by atoms with E-state index in [0.717, 1.165) is 116 Å². The van der Waals surface area contributed by atoms with Gasteiger partial charge >= 0.3 is 17.9 Å². The summed E-state index contributed by atoms with van der Waals surface area (Å²) >= 11 is 0. The van der Waals surface area contributed by atoms with Crippen LogP contribution in [0.2, 0.25) is 0 Å². The van der Waals surface area contributed by atoms with E-state index in [1.807, 2.05) is 0 Å². The van der Waals surface area contributed by atoms with Crippen LogP contribution in [0.5, 0.6) is 0 Å². The topological polar surface area (TPSA) is 78.9 Å². The monoisotopic (exact) mass is 1130 g/mol. The van der Waals surface area contributed by atoms with Gasteiger partial charge in [-0.15, -0.1) is 0 Å². The Morgan fingerprint density at radius 2 is 0.481 bits per heavy atom. The molecule has 0 heterocycles. The van der Waals surface area contributed by atoms with Gasteiger partial charge in [0.1, 0.15) is 13.2 Å². The molecule has 0 rings (SSSR count). The third kappa shape index (κ3) is 67.3. The average Bonchev–Trinajstić information content (AvgIpc) is 3.47. The first-order valence-electron chi connectivity index (χ1n) is 35.1. The fourth-order valence-electron chi connectivity index (χ4n) is 10.2. The lowest BCUT2D eigenvalue weighted by atomic mass is 10.0. The van der Waals surface area contributed by atoms with Gasteiger partial charge in [-0.1, -0.05) is 324 Å². The van der Waals surface area contributed by atoms with Crippen molar-refractivity contribution in [2.45, 2.75) is 361 Å². The van der Waals surface area contributed by atoms with Crippen LogP contribution in [0.15, 0.2) is 85.1 Å². The summed E-state index contributed by atoms with van der Waals surface area (Å²) in [7, 11) is 0. The van der Waals surface area contributed by atoms with Gasteiger partial charge < -0.3 is 14.2 Å². The minimum atomic E-state index is -0.791. The molecule has 0 radical (unpaired) electrons. The molecule has 0 aliphatic heterocycles. The summed E-state index contributed by atoms with van der Waals surface area (Å²) < 4.78 is 17.0. The molecule has 0 aromatic carbocycles. The number of rotatable bonds is 64. The van der Waals surface area contributed by atoms with Crippen molar-refractivity contribution in [3.8, 4) is 0 Å². The molecule has 0 spiro atoms. The van der Waals surface area contributed by atoms with Crippen LogP contribution in [0.1, 0.15) is 355 Å². The first-order chi connectivity index (χ1) is 40.0. The summed E-state index contributed by atoms with van der Waals surface area (Å²) in [5.41, 5.74) is 0. The van der Waals surface area contributed by atoms with Crippen LogP contribution < -0.4 is 0 Å². The maximum absolute atomic E-state index is 13.0. The van der Waals surface area contributed by atoms with Crippen LogP contribution in [0, 0.1) is 0 Å². The van der Waals surface area contributed by atoms with Gasteiger partial charge in [0.15, 0.2) is 6.10 Å². The van der Waals surface area contributed by atoms with E-state index in [0.29, 0.717) is 19.3 Å².